The largest absolute Gasteiger partial charge is 0.493 e. The van der Waals surface area contributed by atoms with E-state index in [1.165, 1.54) is 6.07 Å². The molecule has 0 aliphatic carbocycles. The maximum absolute atomic E-state index is 14.0. The lowest BCUT2D eigenvalue weighted by Crippen LogP contribution is -2.29. The van der Waals surface area contributed by atoms with E-state index in [2.05, 4.69) is 5.43 Å². The summed E-state index contributed by atoms with van der Waals surface area (Å²) in [6.07, 6.45) is 0.865. The molecule has 2 aromatic carbocycles. The van der Waals surface area contributed by atoms with Crippen LogP contribution in [0.5, 0.6) is 5.75 Å². The third-order valence-corrected chi connectivity index (χ3v) is 3.72. The van der Waals surface area contributed by atoms with Crippen molar-refractivity contribution < 1.29 is 9.13 Å². The van der Waals surface area contributed by atoms with Gasteiger partial charge in [0.15, 0.2) is 0 Å². The molecule has 3 N–H and O–H groups in total. The lowest BCUT2D eigenvalue weighted by atomic mass is 9.96. The lowest BCUT2D eigenvalue weighted by molar-refractivity contribution is 0.357. The molecule has 5 heteroatoms. The van der Waals surface area contributed by atoms with Crippen LogP contribution in [0.2, 0.25) is 5.02 Å². The summed E-state index contributed by atoms with van der Waals surface area (Å²) in [5.41, 5.74) is 5.15. The summed E-state index contributed by atoms with van der Waals surface area (Å²) in [7, 11) is 0. The number of nitrogens with two attached hydrogens (primary N) is 1. The van der Waals surface area contributed by atoms with Gasteiger partial charge in [-0.15, -0.1) is 0 Å². The molecule has 1 aliphatic heterocycles. The van der Waals surface area contributed by atoms with Crippen molar-refractivity contribution in [2.75, 3.05) is 6.61 Å². The minimum atomic E-state index is -0.418. The first-order chi connectivity index (χ1) is 9.69. The molecule has 0 radical (unpaired) electrons. The Morgan fingerprint density at radius 1 is 1.25 bits per heavy atom. The second kappa shape index (κ2) is 5.40. The van der Waals surface area contributed by atoms with Gasteiger partial charge in [-0.2, -0.15) is 0 Å². The monoisotopic (exact) mass is 292 g/mol. The quantitative estimate of drug-likeness (QED) is 0.675. The molecule has 0 fully saturated rings. The van der Waals surface area contributed by atoms with Crippen LogP contribution in [0.4, 0.5) is 4.39 Å². The molecule has 20 heavy (non-hydrogen) atoms. The highest BCUT2D eigenvalue weighted by Gasteiger charge is 2.20. The number of hydrogen-bond acceptors (Lipinski definition) is 3. The summed E-state index contributed by atoms with van der Waals surface area (Å²) in [6.45, 7) is 0.689. The van der Waals surface area contributed by atoms with E-state index >= 15 is 0 Å². The number of hydrazine groups is 1. The Labute approximate surface area is 121 Å². The number of nitrogens with one attached hydrogen (secondary N) is 1. The van der Waals surface area contributed by atoms with Gasteiger partial charge in [-0.1, -0.05) is 29.8 Å². The molecule has 0 aromatic heterocycles. The zero-order chi connectivity index (χ0) is 14.1. The normalized spacial score (nSPS) is 14.8. The number of fused-ring (bicyclic) bond motifs is 1. The highest BCUT2D eigenvalue weighted by Crippen LogP contribution is 2.31. The zero-order valence-corrected chi connectivity index (χ0v) is 11.5. The van der Waals surface area contributed by atoms with Crippen molar-refractivity contribution >= 4 is 11.6 Å². The maximum atomic E-state index is 14.0. The van der Waals surface area contributed by atoms with Gasteiger partial charge in [-0.3, -0.25) is 5.84 Å². The van der Waals surface area contributed by atoms with Crippen LogP contribution in [-0.4, -0.2) is 6.61 Å². The lowest BCUT2D eigenvalue weighted by Gasteiger charge is -2.18. The number of halogens is 2. The van der Waals surface area contributed by atoms with Crippen LogP contribution in [0.3, 0.4) is 0 Å². The Morgan fingerprint density at radius 3 is 2.85 bits per heavy atom. The minimum Gasteiger partial charge on any atom is -0.493 e. The average Bonchev–Trinajstić information content (AvgIpc) is 2.89. The van der Waals surface area contributed by atoms with Crippen molar-refractivity contribution in [1.82, 2.24) is 5.43 Å². The van der Waals surface area contributed by atoms with E-state index in [9.17, 15) is 4.39 Å². The first kappa shape index (κ1) is 13.4. The second-order valence-electron chi connectivity index (χ2n) is 4.73. The smallest absolute Gasteiger partial charge is 0.129 e. The van der Waals surface area contributed by atoms with Gasteiger partial charge in [0.1, 0.15) is 11.6 Å². The van der Waals surface area contributed by atoms with E-state index in [0.29, 0.717) is 17.2 Å². The highest BCUT2D eigenvalue weighted by molar-refractivity contribution is 6.30. The zero-order valence-electron chi connectivity index (χ0n) is 10.7. The van der Waals surface area contributed by atoms with E-state index in [0.717, 1.165) is 23.3 Å². The van der Waals surface area contributed by atoms with E-state index in [1.54, 1.807) is 12.1 Å². The first-order valence-corrected chi connectivity index (χ1v) is 6.73. The van der Waals surface area contributed by atoms with Crippen molar-refractivity contribution in [3.8, 4) is 5.75 Å². The molecule has 1 atom stereocenters. The van der Waals surface area contributed by atoms with Crippen molar-refractivity contribution in [1.29, 1.82) is 0 Å². The maximum Gasteiger partial charge on any atom is 0.129 e. The SMILES string of the molecule is NNC(c1ccc2c(c1)CCO2)c1ccc(Cl)cc1F. The molecule has 1 aliphatic rings. The van der Waals surface area contributed by atoms with Crippen LogP contribution in [0.15, 0.2) is 36.4 Å². The van der Waals surface area contributed by atoms with Crippen molar-refractivity contribution in [2.24, 2.45) is 5.84 Å². The van der Waals surface area contributed by atoms with Crippen molar-refractivity contribution in [3.05, 3.63) is 63.9 Å². The molecule has 104 valence electrons. The standard InChI is InChI=1S/C15H14ClFN2O/c16-11-2-3-12(13(17)8-11)15(19-18)10-1-4-14-9(7-10)5-6-20-14/h1-4,7-8,15,19H,5-6,18H2. The number of ether oxygens (including phenoxy) is 1. The molecular weight excluding hydrogens is 279 g/mol. The van der Waals surface area contributed by atoms with Crippen LogP contribution < -0.4 is 16.0 Å². The summed E-state index contributed by atoms with van der Waals surface area (Å²) in [4.78, 5) is 0. The summed E-state index contributed by atoms with van der Waals surface area (Å²) >= 11 is 5.78. The van der Waals surface area contributed by atoms with Gasteiger partial charge in [0.2, 0.25) is 0 Å². The fraction of sp³-hybridized carbons (Fsp3) is 0.200. The Bertz CT molecular complexity index is 648. The van der Waals surface area contributed by atoms with Gasteiger partial charge in [-0.25, -0.2) is 9.82 Å². The predicted octanol–water partition coefficient (Wildman–Crippen LogP) is 2.97. The van der Waals surface area contributed by atoms with E-state index in [-0.39, 0.29) is 5.82 Å². The molecule has 3 nitrogen and oxygen atoms in total. The molecule has 0 saturated carbocycles. The molecule has 1 heterocycles. The van der Waals surface area contributed by atoms with Gasteiger partial charge in [0.25, 0.3) is 0 Å². The molecule has 1 unspecified atom stereocenters. The number of benzene rings is 2. The number of rotatable bonds is 3. The summed E-state index contributed by atoms with van der Waals surface area (Å²) in [5.74, 6) is 6.12. The Balaban J connectivity index is 2.01. The molecule has 0 bridgehead atoms. The van der Waals surface area contributed by atoms with E-state index < -0.39 is 6.04 Å². The van der Waals surface area contributed by atoms with Gasteiger partial charge in [0.05, 0.1) is 12.6 Å². The van der Waals surface area contributed by atoms with Crippen LogP contribution in [0.25, 0.3) is 0 Å². The molecule has 0 saturated heterocycles. The van der Waals surface area contributed by atoms with Crippen LogP contribution in [0, 0.1) is 5.82 Å². The Kier molecular flexibility index (Phi) is 3.61. The summed E-state index contributed by atoms with van der Waals surface area (Å²) in [6, 6.07) is 9.96. The van der Waals surface area contributed by atoms with Crippen LogP contribution in [-0.2, 0) is 6.42 Å². The van der Waals surface area contributed by atoms with Crippen LogP contribution >= 0.6 is 11.6 Å². The van der Waals surface area contributed by atoms with E-state index in [4.69, 9.17) is 22.2 Å². The average molecular weight is 293 g/mol. The molecule has 2 aromatic rings. The Morgan fingerprint density at radius 2 is 2.10 bits per heavy atom. The van der Waals surface area contributed by atoms with Crippen LogP contribution in [0.1, 0.15) is 22.7 Å². The van der Waals surface area contributed by atoms with Gasteiger partial charge in [-0.05, 0) is 29.3 Å². The summed E-state index contributed by atoms with van der Waals surface area (Å²) in [5, 5.41) is 0.365. The van der Waals surface area contributed by atoms with Crippen molar-refractivity contribution in [3.63, 3.8) is 0 Å². The van der Waals surface area contributed by atoms with Gasteiger partial charge in [0, 0.05) is 17.0 Å². The molecule has 0 spiro atoms. The van der Waals surface area contributed by atoms with E-state index in [1.807, 2.05) is 18.2 Å². The van der Waals surface area contributed by atoms with Crippen molar-refractivity contribution in [2.45, 2.75) is 12.5 Å². The second-order valence-corrected chi connectivity index (χ2v) is 5.17. The Hall–Kier alpha value is -1.62. The van der Waals surface area contributed by atoms with Gasteiger partial charge < -0.3 is 4.74 Å². The van der Waals surface area contributed by atoms with Gasteiger partial charge >= 0.3 is 0 Å². The summed E-state index contributed by atoms with van der Waals surface area (Å²) < 4.78 is 19.5. The highest BCUT2D eigenvalue weighted by atomic mass is 35.5. The number of hydrogen-bond donors (Lipinski definition) is 2. The molecule has 3 rings (SSSR count). The predicted molar refractivity (Wildman–Crippen MR) is 76.2 cm³/mol. The first-order valence-electron chi connectivity index (χ1n) is 6.36. The third-order valence-electron chi connectivity index (χ3n) is 3.49. The fourth-order valence-corrected chi connectivity index (χ4v) is 2.65. The molecular formula is C15H14ClFN2O. The molecule has 0 amide bonds. The topological polar surface area (TPSA) is 47.3 Å². The third kappa shape index (κ3) is 2.38. The fourth-order valence-electron chi connectivity index (χ4n) is 2.49. The minimum absolute atomic E-state index is 0.365.